The highest BCUT2D eigenvalue weighted by molar-refractivity contribution is 7.92. The van der Waals surface area contributed by atoms with Gasteiger partial charge in [-0.2, -0.15) is 5.26 Å². The summed E-state index contributed by atoms with van der Waals surface area (Å²) in [6.07, 6.45) is -1.09. The molecule has 0 radical (unpaired) electrons. The number of ether oxygens (including phenoxy) is 4. The van der Waals surface area contributed by atoms with E-state index in [0.29, 0.717) is 28.8 Å². The van der Waals surface area contributed by atoms with Gasteiger partial charge in [0.1, 0.15) is 28.7 Å². The number of anilines is 1. The summed E-state index contributed by atoms with van der Waals surface area (Å²) in [4.78, 5) is 4.41. The van der Waals surface area contributed by atoms with Crippen LogP contribution in [0, 0.1) is 17.1 Å². The molecule has 2 aromatic heterocycles. The smallest absolute Gasteiger partial charge is 0.243 e. The number of methoxy groups -OCH3 is 4. The molecule has 0 saturated carbocycles. The summed E-state index contributed by atoms with van der Waals surface area (Å²) in [5.41, 5.74) is 0.801. The van der Waals surface area contributed by atoms with Gasteiger partial charge in [-0.1, -0.05) is 18.2 Å². The fourth-order valence-electron chi connectivity index (χ4n) is 4.00. The number of sulfonamides is 1. The number of nitriles is 1. The molecule has 0 amide bonds. The molecule has 1 atom stereocenters. The second kappa shape index (κ2) is 12.0. The minimum absolute atomic E-state index is 0.0460. The zero-order valence-corrected chi connectivity index (χ0v) is 22.8. The minimum Gasteiger partial charge on any atom is -0.494 e. The predicted molar refractivity (Wildman–Crippen MR) is 143 cm³/mol. The Morgan fingerprint density at radius 2 is 1.70 bits per heavy atom. The summed E-state index contributed by atoms with van der Waals surface area (Å²) in [5.74, 6) is -0.311. The van der Waals surface area contributed by atoms with Crippen molar-refractivity contribution < 1.29 is 31.8 Å². The third-order valence-corrected chi connectivity index (χ3v) is 7.07. The Hall–Kier alpha value is -4.74. The van der Waals surface area contributed by atoms with Gasteiger partial charge in [0, 0.05) is 13.2 Å². The molecule has 0 aliphatic carbocycles. The van der Waals surface area contributed by atoms with Crippen molar-refractivity contribution in [1.82, 2.24) is 19.7 Å². The number of pyridine rings is 1. The van der Waals surface area contributed by atoms with E-state index in [2.05, 4.69) is 19.9 Å². The van der Waals surface area contributed by atoms with E-state index >= 15 is 0 Å². The first kappa shape index (κ1) is 28.3. The van der Waals surface area contributed by atoms with E-state index < -0.39 is 27.7 Å². The molecule has 1 N–H and O–H groups in total. The zero-order valence-electron chi connectivity index (χ0n) is 22.0. The minimum atomic E-state index is -4.21. The lowest BCUT2D eigenvalue weighted by Crippen LogP contribution is -2.25. The molecule has 40 heavy (non-hydrogen) atoms. The first-order valence-corrected chi connectivity index (χ1v) is 13.3. The van der Waals surface area contributed by atoms with E-state index in [1.165, 1.54) is 39.1 Å². The van der Waals surface area contributed by atoms with Gasteiger partial charge in [0.05, 0.1) is 44.8 Å². The maximum absolute atomic E-state index is 13.7. The van der Waals surface area contributed by atoms with Crippen LogP contribution in [0.25, 0.3) is 17.2 Å². The van der Waals surface area contributed by atoms with Crippen LogP contribution in [0.15, 0.2) is 54.6 Å². The molecule has 0 spiro atoms. The molecule has 14 heteroatoms. The van der Waals surface area contributed by atoms with Gasteiger partial charge in [0.2, 0.25) is 21.9 Å². The topological polar surface area (TPSA) is 150 Å². The number of para-hydroxylation sites is 1. The second-order valence-corrected chi connectivity index (χ2v) is 9.98. The fraction of sp³-hybridized carbons (Fsp3) is 0.231. The number of benzene rings is 2. The average Bonchev–Trinajstić information content (AvgIpc) is 3.37. The fourth-order valence-corrected chi connectivity index (χ4v) is 5.21. The molecule has 4 aromatic rings. The van der Waals surface area contributed by atoms with Crippen LogP contribution < -0.4 is 18.9 Å². The van der Waals surface area contributed by atoms with E-state index in [0.717, 1.165) is 12.1 Å². The van der Waals surface area contributed by atoms with Crippen LogP contribution in [0.1, 0.15) is 17.2 Å². The third-order valence-electron chi connectivity index (χ3n) is 5.84. The van der Waals surface area contributed by atoms with Crippen molar-refractivity contribution in [3.8, 4) is 40.7 Å². The summed E-state index contributed by atoms with van der Waals surface area (Å²) in [6, 6.07) is 15.3. The number of nitrogens with zero attached hydrogens (tertiary/aromatic N) is 5. The van der Waals surface area contributed by atoms with Crippen LogP contribution in [0.4, 0.5) is 10.3 Å². The van der Waals surface area contributed by atoms with Crippen molar-refractivity contribution in [3.05, 3.63) is 71.5 Å². The van der Waals surface area contributed by atoms with Gasteiger partial charge in [-0.15, -0.1) is 10.2 Å². The van der Waals surface area contributed by atoms with Crippen LogP contribution in [0.3, 0.4) is 0 Å². The van der Waals surface area contributed by atoms with Gasteiger partial charge in [-0.25, -0.2) is 17.8 Å². The van der Waals surface area contributed by atoms with Crippen LogP contribution >= 0.6 is 0 Å². The monoisotopic (exact) mass is 568 g/mol. The number of aromatic nitrogens is 4. The van der Waals surface area contributed by atoms with Crippen molar-refractivity contribution in [2.75, 3.05) is 38.9 Å². The Balaban J connectivity index is 1.82. The standard InChI is InChI=1S/C26H25FN6O6S/c1-36-20-8-6-9-21(37-2)24(20)33-25(19-7-5-10-23(29-19)39-4)30-31-26(33)32-40(34,35)15-22(38-3)18-12-11-17(27)13-16(18)14-28/h5-13,22H,15H2,1-4H3,(H,31,32). The first-order valence-electron chi connectivity index (χ1n) is 11.7. The van der Waals surface area contributed by atoms with Crippen LogP contribution in [0.2, 0.25) is 0 Å². The van der Waals surface area contributed by atoms with Crippen molar-refractivity contribution in [1.29, 1.82) is 5.26 Å². The average molecular weight is 569 g/mol. The number of hydrogen-bond donors (Lipinski definition) is 1. The Labute approximate surface area is 230 Å². The van der Waals surface area contributed by atoms with E-state index in [-0.39, 0.29) is 22.9 Å². The lowest BCUT2D eigenvalue weighted by atomic mass is 10.0. The molecular formula is C26H25FN6O6S. The van der Waals surface area contributed by atoms with E-state index in [9.17, 15) is 18.1 Å². The van der Waals surface area contributed by atoms with Crippen LogP contribution in [-0.4, -0.2) is 62.4 Å². The molecule has 0 saturated heterocycles. The highest BCUT2D eigenvalue weighted by Crippen LogP contribution is 2.37. The van der Waals surface area contributed by atoms with E-state index in [1.54, 1.807) is 36.4 Å². The highest BCUT2D eigenvalue weighted by atomic mass is 32.2. The molecule has 2 heterocycles. The molecule has 4 rings (SSSR count). The molecule has 2 aromatic carbocycles. The first-order chi connectivity index (χ1) is 19.2. The molecule has 0 fully saturated rings. The number of rotatable bonds is 11. The maximum atomic E-state index is 13.7. The molecule has 12 nitrogen and oxygen atoms in total. The molecule has 0 aliphatic heterocycles. The van der Waals surface area contributed by atoms with Crippen molar-refractivity contribution in [3.63, 3.8) is 0 Å². The van der Waals surface area contributed by atoms with Crippen LogP contribution in [-0.2, 0) is 14.8 Å². The summed E-state index contributed by atoms with van der Waals surface area (Å²) in [5, 5.41) is 17.7. The third kappa shape index (κ3) is 5.80. The highest BCUT2D eigenvalue weighted by Gasteiger charge is 2.28. The Bertz CT molecular complexity index is 1650. The number of nitrogens with one attached hydrogen (secondary N) is 1. The summed E-state index contributed by atoms with van der Waals surface area (Å²) < 4.78 is 66.1. The number of hydrogen-bond acceptors (Lipinski definition) is 10. The quantitative estimate of drug-likeness (QED) is 0.285. The lowest BCUT2D eigenvalue weighted by molar-refractivity contribution is 0.121. The second-order valence-electron chi connectivity index (χ2n) is 8.21. The normalized spacial score (nSPS) is 11.9. The van der Waals surface area contributed by atoms with Crippen LogP contribution in [0.5, 0.6) is 17.4 Å². The molecule has 0 aliphatic rings. The van der Waals surface area contributed by atoms with Crippen molar-refractivity contribution in [2.45, 2.75) is 6.10 Å². The van der Waals surface area contributed by atoms with E-state index in [4.69, 9.17) is 18.9 Å². The van der Waals surface area contributed by atoms with Crippen molar-refractivity contribution >= 4 is 16.0 Å². The van der Waals surface area contributed by atoms with Gasteiger partial charge in [-0.05, 0) is 35.9 Å². The largest absolute Gasteiger partial charge is 0.494 e. The summed E-state index contributed by atoms with van der Waals surface area (Å²) in [7, 11) is 1.45. The predicted octanol–water partition coefficient (Wildman–Crippen LogP) is 3.50. The van der Waals surface area contributed by atoms with Crippen molar-refractivity contribution in [2.24, 2.45) is 0 Å². The van der Waals surface area contributed by atoms with Gasteiger partial charge >= 0.3 is 0 Å². The van der Waals surface area contributed by atoms with Gasteiger partial charge in [-0.3, -0.25) is 9.29 Å². The van der Waals surface area contributed by atoms with E-state index in [1.807, 2.05) is 6.07 Å². The summed E-state index contributed by atoms with van der Waals surface area (Å²) >= 11 is 0. The Morgan fingerprint density at radius 1 is 1.00 bits per heavy atom. The Morgan fingerprint density at radius 3 is 2.33 bits per heavy atom. The lowest BCUT2D eigenvalue weighted by Gasteiger charge is -2.19. The molecule has 0 bridgehead atoms. The maximum Gasteiger partial charge on any atom is 0.243 e. The summed E-state index contributed by atoms with van der Waals surface area (Å²) in [6.45, 7) is 0. The number of halogens is 1. The zero-order chi connectivity index (χ0) is 28.9. The molecular weight excluding hydrogens is 543 g/mol. The SMILES string of the molecule is COc1cccc(-c2nnc(NS(=O)(=O)CC(OC)c3ccc(F)cc3C#N)n2-c2c(OC)cccc2OC)n1. The van der Waals surface area contributed by atoms with Gasteiger partial charge < -0.3 is 18.9 Å². The molecule has 208 valence electrons. The van der Waals surface area contributed by atoms with Gasteiger partial charge in [0.15, 0.2) is 5.82 Å². The molecule has 1 unspecified atom stereocenters. The Kier molecular flexibility index (Phi) is 8.46. The van der Waals surface area contributed by atoms with Gasteiger partial charge in [0.25, 0.3) is 0 Å².